The van der Waals surface area contributed by atoms with E-state index in [-0.39, 0.29) is 12.2 Å². The van der Waals surface area contributed by atoms with Gasteiger partial charge in [-0.1, -0.05) is 36.4 Å². The molecular weight excluding hydrogens is 302 g/mol. The molecule has 118 valence electrons. The maximum atomic E-state index is 12.3. The summed E-state index contributed by atoms with van der Waals surface area (Å²) in [5.74, 6) is 0.633. The van der Waals surface area contributed by atoms with Gasteiger partial charge in [0, 0.05) is 12.0 Å². The van der Waals surface area contributed by atoms with Crippen LogP contribution in [-0.2, 0) is 17.6 Å². The molecular formula is C19H15N3O2. The van der Waals surface area contributed by atoms with Gasteiger partial charge in [0.05, 0.1) is 24.6 Å². The van der Waals surface area contributed by atoms with Gasteiger partial charge in [0.2, 0.25) is 0 Å². The van der Waals surface area contributed by atoms with Gasteiger partial charge in [0.1, 0.15) is 5.78 Å². The van der Waals surface area contributed by atoms with E-state index < -0.39 is 0 Å². The molecule has 0 amide bonds. The SMILES string of the molecule is O=C(Cc1ccccc1)Cc1nc2cccc(-c3ccoc3)n2n1. The molecule has 5 heteroatoms. The molecule has 0 saturated heterocycles. The Balaban J connectivity index is 1.59. The number of carbonyl (C=O) groups is 1. The van der Waals surface area contributed by atoms with Crippen molar-refractivity contribution in [1.29, 1.82) is 0 Å². The fourth-order valence-electron chi connectivity index (χ4n) is 2.72. The van der Waals surface area contributed by atoms with Crippen LogP contribution in [0.5, 0.6) is 0 Å². The van der Waals surface area contributed by atoms with Gasteiger partial charge in [-0.2, -0.15) is 5.10 Å². The number of Topliss-reactive ketones (excluding diaryl/α,β-unsaturated/α-hetero) is 1. The van der Waals surface area contributed by atoms with E-state index in [0.717, 1.165) is 22.5 Å². The van der Waals surface area contributed by atoms with Gasteiger partial charge in [-0.15, -0.1) is 0 Å². The Morgan fingerprint density at radius 1 is 1.00 bits per heavy atom. The Hall–Kier alpha value is -3.21. The largest absolute Gasteiger partial charge is 0.472 e. The summed E-state index contributed by atoms with van der Waals surface area (Å²) in [4.78, 5) is 16.7. The Labute approximate surface area is 138 Å². The Morgan fingerprint density at radius 3 is 2.67 bits per heavy atom. The molecule has 5 nitrogen and oxygen atoms in total. The average Bonchev–Trinajstić information content (AvgIpc) is 3.24. The van der Waals surface area contributed by atoms with Crippen molar-refractivity contribution in [3.8, 4) is 11.3 Å². The van der Waals surface area contributed by atoms with Gasteiger partial charge in [0.15, 0.2) is 11.5 Å². The summed E-state index contributed by atoms with van der Waals surface area (Å²) >= 11 is 0. The van der Waals surface area contributed by atoms with Crippen LogP contribution in [-0.4, -0.2) is 20.4 Å². The maximum absolute atomic E-state index is 12.3. The summed E-state index contributed by atoms with van der Waals surface area (Å²) in [6.45, 7) is 0. The number of hydrogen-bond donors (Lipinski definition) is 0. The molecule has 0 spiro atoms. The molecule has 0 aliphatic rings. The number of fused-ring (bicyclic) bond motifs is 1. The summed E-state index contributed by atoms with van der Waals surface area (Å²) in [5, 5.41) is 4.49. The van der Waals surface area contributed by atoms with Gasteiger partial charge < -0.3 is 4.42 Å². The third-order valence-corrected chi connectivity index (χ3v) is 3.82. The Bertz CT molecular complexity index is 972. The zero-order valence-corrected chi connectivity index (χ0v) is 12.9. The van der Waals surface area contributed by atoms with Crippen molar-refractivity contribution in [1.82, 2.24) is 14.6 Å². The fraction of sp³-hybridized carbons (Fsp3) is 0.105. The topological polar surface area (TPSA) is 60.4 Å². The first-order chi connectivity index (χ1) is 11.8. The lowest BCUT2D eigenvalue weighted by Gasteiger charge is -2.00. The molecule has 3 aromatic heterocycles. The van der Waals surface area contributed by atoms with Gasteiger partial charge >= 0.3 is 0 Å². The molecule has 0 radical (unpaired) electrons. The zero-order chi connectivity index (χ0) is 16.4. The smallest absolute Gasteiger partial charge is 0.159 e. The summed E-state index contributed by atoms with van der Waals surface area (Å²) in [6.07, 6.45) is 3.90. The molecule has 24 heavy (non-hydrogen) atoms. The first-order valence-corrected chi connectivity index (χ1v) is 7.72. The molecule has 0 saturated carbocycles. The normalized spacial score (nSPS) is 11.0. The van der Waals surface area contributed by atoms with Gasteiger partial charge in [0.25, 0.3) is 0 Å². The Kier molecular flexibility index (Phi) is 3.67. The number of ketones is 1. The van der Waals surface area contributed by atoms with Gasteiger partial charge in [-0.25, -0.2) is 9.50 Å². The highest BCUT2D eigenvalue weighted by Gasteiger charge is 2.13. The zero-order valence-electron chi connectivity index (χ0n) is 12.9. The van der Waals surface area contributed by atoms with Crippen molar-refractivity contribution < 1.29 is 9.21 Å². The van der Waals surface area contributed by atoms with Crippen LogP contribution in [0.15, 0.2) is 71.5 Å². The monoisotopic (exact) mass is 317 g/mol. The highest BCUT2D eigenvalue weighted by molar-refractivity contribution is 5.82. The quantitative estimate of drug-likeness (QED) is 0.566. The van der Waals surface area contributed by atoms with Crippen LogP contribution in [0, 0.1) is 0 Å². The van der Waals surface area contributed by atoms with Crippen LogP contribution in [0.3, 0.4) is 0 Å². The third-order valence-electron chi connectivity index (χ3n) is 3.82. The van der Waals surface area contributed by atoms with Crippen molar-refractivity contribution >= 4 is 11.4 Å². The molecule has 4 rings (SSSR count). The number of aromatic nitrogens is 3. The molecule has 0 bridgehead atoms. The third kappa shape index (κ3) is 2.84. The average molecular weight is 317 g/mol. The van der Waals surface area contributed by atoms with E-state index in [9.17, 15) is 4.79 Å². The van der Waals surface area contributed by atoms with Crippen molar-refractivity contribution in [3.63, 3.8) is 0 Å². The van der Waals surface area contributed by atoms with E-state index in [4.69, 9.17) is 4.42 Å². The first-order valence-electron chi connectivity index (χ1n) is 7.72. The van der Waals surface area contributed by atoms with Crippen LogP contribution in [0.25, 0.3) is 16.9 Å². The van der Waals surface area contributed by atoms with Gasteiger partial charge in [-0.05, 0) is 23.8 Å². The summed E-state index contributed by atoms with van der Waals surface area (Å²) in [7, 11) is 0. The second-order valence-corrected chi connectivity index (χ2v) is 5.60. The maximum Gasteiger partial charge on any atom is 0.159 e. The highest BCUT2D eigenvalue weighted by atomic mass is 16.3. The van der Waals surface area contributed by atoms with E-state index >= 15 is 0 Å². The van der Waals surface area contributed by atoms with Crippen LogP contribution in [0.1, 0.15) is 11.4 Å². The molecule has 1 aromatic carbocycles. The van der Waals surface area contributed by atoms with Crippen molar-refractivity contribution in [3.05, 3.63) is 78.5 Å². The van der Waals surface area contributed by atoms with Crippen LogP contribution in [0.2, 0.25) is 0 Å². The van der Waals surface area contributed by atoms with E-state index in [0.29, 0.717) is 12.2 Å². The van der Waals surface area contributed by atoms with Crippen LogP contribution in [0.4, 0.5) is 0 Å². The molecule has 0 atom stereocenters. The predicted molar refractivity (Wildman–Crippen MR) is 89.5 cm³/mol. The number of furan rings is 1. The number of rotatable bonds is 5. The minimum Gasteiger partial charge on any atom is -0.472 e. The minimum absolute atomic E-state index is 0.0990. The van der Waals surface area contributed by atoms with E-state index in [1.54, 1.807) is 17.0 Å². The lowest BCUT2D eigenvalue weighted by Crippen LogP contribution is -2.08. The molecule has 0 aliphatic carbocycles. The van der Waals surface area contributed by atoms with Crippen LogP contribution >= 0.6 is 0 Å². The number of pyridine rings is 1. The minimum atomic E-state index is 0.0990. The second-order valence-electron chi connectivity index (χ2n) is 5.60. The number of carbonyl (C=O) groups excluding carboxylic acids is 1. The highest BCUT2D eigenvalue weighted by Crippen LogP contribution is 2.20. The summed E-state index contributed by atoms with van der Waals surface area (Å²) in [5.41, 5.74) is 3.53. The lowest BCUT2D eigenvalue weighted by atomic mass is 10.1. The van der Waals surface area contributed by atoms with Crippen molar-refractivity contribution in [2.45, 2.75) is 12.8 Å². The molecule has 0 fully saturated rings. The molecule has 4 aromatic rings. The number of benzene rings is 1. The summed E-state index contributed by atoms with van der Waals surface area (Å²) in [6, 6.07) is 17.3. The van der Waals surface area contributed by atoms with Gasteiger partial charge in [-0.3, -0.25) is 4.79 Å². The fourth-order valence-corrected chi connectivity index (χ4v) is 2.72. The van der Waals surface area contributed by atoms with Crippen molar-refractivity contribution in [2.75, 3.05) is 0 Å². The lowest BCUT2D eigenvalue weighted by molar-refractivity contribution is -0.117. The predicted octanol–water partition coefficient (Wildman–Crippen LogP) is 3.34. The standard InChI is InChI=1S/C19H15N3O2/c23-16(11-14-5-2-1-3-6-14)12-18-20-19-8-4-7-17(22(19)21-18)15-9-10-24-13-15/h1-10,13H,11-12H2. The first kappa shape index (κ1) is 14.4. The van der Waals surface area contributed by atoms with E-state index in [1.807, 2.05) is 54.6 Å². The molecule has 0 N–H and O–H groups in total. The Morgan fingerprint density at radius 2 is 1.88 bits per heavy atom. The summed E-state index contributed by atoms with van der Waals surface area (Å²) < 4.78 is 6.89. The molecule has 0 unspecified atom stereocenters. The number of hydrogen-bond acceptors (Lipinski definition) is 4. The van der Waals surface area contributed by atoms with Crippen LogP contribution < -0.4 is 0 Å². The van der Waals surface area contributed by atoms with E-state index in [2.05, 4.69) is 10.1 Å². The molecule has 0 aliphatic heterocycles. The number of nitrogens with zero attached hydrogens (tertiary/aromatic N) is 3. The van der Waals surface area contributed by atoms with E-state index in [1.165, 1.54) is 0 Å². The molecule has 3 heterocycles. The van der Waals surface area contributed by atoms with Crippen molar-refractivity contribution in [2.24, 2.45) is 0 Å². The second kappa shape index (κ2) is 6.12.